The number of hydrogen-bond acceptors (Lipinski definition) is 18. The van der Waals surface area contributed by atoms with Gasteiger partial charge in [-0.05, 0) is 49.9 Å². The SMILES string of the molecule is CN(C)C(N)=NCCC[C@H](NC(=O)CCCN1CCN(CC(N)=O)CCN(CC(N)=O)CCN(CC(N)=O)CC1)C(=O)NCC(=O)N[C@@H](CC=O)C(=O)NCc1ccc(C(=O)NCC(=O)N2CC(O)CC2B(O)O)cc1. The highest BCUT2D eigenvalue weighted by Crippen LogP contribution is 2.19. The van der Waals surface area contributed by atoms with Gasteiger partial charge in [-0.15, -0.1) is 0 Å². The molecule has 2 aliphatic rings. The first-order valence-electron chi connectivity index (χ1n) is 25.0. The fraction of sp³-hybridized carbons (Fsp3) is 0.630. The Morgan fingerprint density at radius 2 is 1.25 bits per heavy atom. The Labute approximate surface area is 441 Å². The number of primary amides is 3. The number of amides is 9. The lowest BCUT2D eigenvalue weighted by Gasteiger charge is -2.33. The third kappa shape index (κ3) is 24.2. The zero-order valence-corrected chi connectivity index (χ0v) is 43.4. The van der Waals surface area contributed by atoms with Crippen LogP contribution in [-0.2, 0) is 49.7 Å². The monoisotopic (exact) mass is 1070 g/mol. The van der Waals surface area contributed by atoms with Crippen molar-refractivity contribution in [3.05, 3.63) is 35.4 Å². The minimum Gasteiger partial charge on any atom is -0.426 e. The maximum Gasteiger partial charge on any atom is 0.475 e. The lowest BCUT2D eigenvalue weighted by atomic mass is 9.77. The summed E-state index contributed by atoms with van der Waals surface area (Å²) in [6.07, 6.45) is -0.132. The predicted octanol–water partition coefficient (Wildman–Crippen LogP) is -8.20. The van der Waals surface area contributed by atoms with Crippen LogP contribution in [0.3, 0.4) is 0 Å². The summed E-state index contributed by atoms with van der Waals surface area (Å²) >= 11 is 0. The Hall–Kier alpha value is -6.83. The van der Waals surface area contributed by atoms with Gasteiger partial charge < -0.3 is 84.2 Å². The first kappa shape index (κ1) is 63.5. The Kier molecular flexibility index (Phi) is 27.8. The molecule has 76 heavy (non-hydrogen) atoms. The van der Waals surface area contributed by atoms with Crippen LogP contribution in [0.4, 0.5) is 0 Å². The van der Waals surface area contributed by atoms with E-state index in [1.165, 1.54) is 24.3 Å². The second kappa shape index (κ2) is 33.3. The molecule has 0 aromatic heterocycles. The van der Waals surface area contributed by atoms with Gasteiger partial charge in [0.05, 0.1) is 44.8 Å². The molecule has 2 heterocycles. The number of nitrogens with zero attached hydrogens (tertiary/aromatic N) is 7. The average molecular weight is 1070 g/mol. The molecule has 0 radical (unpaired) electrons. The van der Waals surface area contributed by atoms with Gasteiger partial charge in [0.15, 0.2) is 5.96 Å². The fourth-order valence-electron chi connectivity index (χ4n) is 8.29. The normalized spacial score (nSPS) is 18.2. The summed E-state index contributed by atoms with van der Waals surface area (Å²) in [6.45, 7) is 2.74. The molecule has 4 atom stereocenters. The van der Waals surface area contributed by atoms with E-state index in [9.17, 15) is 63.1 Å². The van der Waals surface area contributed by atoms with E-state index in [0.717, 1.165) is 4.90 Å². The maximum atomic E-state index is 13.6. The van der Waals surface area contributed by atoms with E-state index in [0.29, 0.717) is 83.6 Å². The second-order valence-corrected chi connectivity index (χ2v) is 18.8. The molecule has 30 heteroatoms. The molecule has 29 nitrogen and oxygen atoms in total. The van der Waals surface area contributed by atoms with Gasteiger partial charge in [-0.25, -0.2) is 0 Å². The van der Waals surface area contributed by atoms with Crippen LogP contribution < -0.4 is 49.5 Å². The molecule has 2 unspecified atom stereocenters. The summed E-state index contributed by atoms with van der Waals surface area (Å²) in [5, 5.41) is 41.7. The van der Waals surface area contributed by atoms with E-state index in [1.54, 1.807) is 19.0 Å². The number of hydrogen-bond donors (Lipinski definition) is 12. The number of carbonyl (C=O) groups excluding carboxylic acids is 10. The smallest absolute Gasteiger partial charge is 0.426 e. The number of guanidine groups is 1. The number of aldehydes is 1. The second-order valence-electron chi connectivity index (χ2n) is 18.8. The molecular weight excluding hydrogens is 995 g/mol. The van der Waals surface area contributed by atoms with Crippen molar-refractivity contribution >= 4 is 72.5 Å². The highest BCUT2D eigenvalue weighted by atomic mass is 16.4. The Bertz CT molecular complexity index is 2120. The van der Waals surface area contributed by atoms with Crippen LogP contribution in [0.5, 0.6) is 0 Å². The number of benzene rings is 1. The molecule has 0 aliphatic carbocycles. The maximum absolute atomic E-state index is 13.6. The molecule has 0 spiro atoms. The lowest BCUT2D eigenvalue weighted by Crippen LogP contribution is -2.52. The van der Waals surface area contributed by atoms with Gasteiger partial charge in [-0.1, -0.05) is 12.1 Å². The number of nitrogens with one attached hydrogen (secondary N) is 5. The van der Waals surface area contributed by atoms with Crippen LogP contribution >= 0.6 is 0 Å². The number of aliphatic imine (C=N–C) groups is 1. The van der Waals surface area contributed by atoms with Crippen LogP contribution in [-0.4, -0.2) is 260 Å². The number of β-amino-alcohol motifs (C(OH)–C–C–N with tert-alkyl or cyclic N) is 1. The number of nitrogens with two attached hydrogens (primary N) is 4. The van der Waals surface area contributed by atoms with Crippen LogP contribution in [0, 0.1) is 0 Å². The Morgan fingerprint density at radius 3 is 1.76 bits per heavy atom. The molecule has 9 amide bonds. The van der Waals surface area contributed by atoms with Crippen molar-refractivity contribution in [3.63, 3.8) is 0 Å². The third-order valence-corrected chi connectivity index (χ3v) is 12.5. The van der Waals surface area contributed by atoms with E-state index in [1.807, 2.05) is 14.7 Å². The molecule has 3 rings (SSSR count). The fourth-order valence-corrected chi connectivity index (χ4v) is 8.29. The van der Waals surface area contributed by atoms with Crippen molar-refractivity contribution in [2.24, 2.45) is 27.9 Å². The van der Waals surface area contributed by atoms with Crippen LogP contribution in [0.25, 0.3) is 0 Å². The molecule has 422 valence electrons. The molecular formula is C46H77BN16O13. The Morgan fingerprint density at radius 1 is 0.724 bits per heavy atom. The van der Waals surface area contributed by atoms with Gasteiger partial charge in [0.2, 0.25) is 47.3 Å². The van der Waals surface area contributed by atoms with Gasteiger partial charge in [0.25, 0.3) is 5.91 Å². The van der Waals surface area contributed by atoms with Crippen molar-refractivity contribution in [2.45, 2.75) is 69.2 Å². The third-order valence-electron chi connectivity index (χ3n) is 12.5. The molecule has 16 N–H and O–H groups in total. The molecule has 2 fully saturated rings. The summed E-state index contributed by atoms with van der Waals surface area (Å²) in [6, 6.07) is 3.51. The summed E-state index contributed by atoms with van der Waals surface area (Å²) in [5.41, 5.74) is 23.2. The first-order chi connectivity index (χ1) is 36.0. The predicted molar refractivity (Wildman–Crippen MR) is 276 cm³/mol. The molecule has 1 aromatic rings. The van der Waals surface area contributed by atoms with Crippen LogP contribution in [0.15, 0.2) is 29.3 Å². The number of rotatable bonds is 28. The zero-order chi connectivity index (χ0) is 56.3. The minimum atomic E-state index is -1.86. The van der Waals surface area contributed by atoms with Crippen LogP contribution in [0.2, 0.25) is 0 Å². The standard InChI is InChI=1S/C46H77BN16O13/c1-58(2)46(51)52-12-3-5-34(56-40(69)6-4-13-59-14-16-60(28-37(48)66)18-20-62(30-39(50)68)21-19-61(17-15-59)29-38(49)67)44(73)54-25-41(70)57-35(11-22-64)45(74)53-24-31-7-9-32(10-8-31)43(72)55-26-42(71)63-27-33(65)23-36(63)47(75)76/h7-10,22,33-36,65,75-76H,3-6,11-21,23-30H2,1-2H3,(H2,48,66)(H2,49,67)(H2,50,68)(H2,51,52)(H,53,74)(H,54,73)(H,55,72)(H,56,69)(H,57,70)/t33?,34-,35-,36?/m0/s1. The van der Waals surface area contributed by atoms with E-state index in [2.05, 4.69) is 36.5 Å². The number of likely N-dealkylation sites (tertiary alicyclic amines) is 1. The van der Waals surface area contributed by atoms with E-state index < -0.39 is 104 Å². The molecule has 0 bridgehead atoms. The Balaban J connectivity index is 1.57. The first-order valence-corrected chi connectivity index (χ1v) is 25.0. The van der Waals surface area contributed by atoms with Crippen molar-refractivity contribution in [1.29, 1.82) is 0 Å². The zero-order valence-electron chi connectivity index (χ0n) is 43.4. The van der Waals surface area contributed by atoms with Gasteiger partial charge in [0, 0.05) is 104 Å². The van der Waals surface area contributed by atoms with Gasteiger partial charge >= 0.3 is 7.12 Å². The number of aliphatic hydroxyl groups excluding tert-OH is 1. The average Bonchev–Trinajstić information content (AvgIpc) is 3.77. The molecule has 2 aliphatic heterocycles. The summed E-state index contributed by atoms with van der Waals surface area (Å²) in [5.74, 6) is -6.23. The van der Waals surface area contributed by atoms with E-state index in [4.69, 9.17) is 22.9 Å². The largest absolute Gasteiger partial charge is 0.475 e. The quantitative estimate of drug-likeness (QED) is 0.0122. The topological polar surface area (TPSA) is 427 Å². The molecule has 1 aromatic carbocycles. The van der Waals surface area contributed by atoms with Crippen molar-refractivity contribution < 1.29 is 63.1 Å². The number of aliphatic hydroxyl groups is 1. The van der Waals surface area contributed by atoms with E-state index in [-0.39, 0.29) is 70.1 Å². The minimum absolute atomic E-state index is 0.000782. The van der Waals surface area contributed by atoms with Crippen LogP contribution in [0.1, 0.15) is 54.4 Å². The summed E-state index contributed by atoms with van der Waals surface area (Å²) in [7, 11) is 1.57. The highest BCUT2D eigenvalue weighted by molar-refractivity contribution is 6.43. The summed E-state index contributed by atoms with van der Waals surface area (Å²) < 4.78 is 0. The highest BCUT2D eigenvalue weighted by Gasteiger charge is 2.41. The summed E-state index contributed by atoms with van der Waals surface area (Å²) in [4.78, 5) is 140. The lowest BCUT2D eigenvalue weighted by molar-refractivity contribution is -0.132. The van der Waals surface area contributed by atoms with Crippen molar-refractivity contribution in [3.8, 4) is 0 Å². The van der Waals surface area contributed by atoms with Gasteiger partial charge in [-0.2, -0.15) is 0 Å². The van der Waals surface area contributed by atoms with E-state index >= 15 is 0 Å². The number of carbonyl (C=O) groups is 10. The molecule has 0 saturated carbocycles. The van der Waals surface area contributed by atoms with Crippen molar-refractivity contribution in [2.75, 3.05) is 119 Å². The van der Waals surface area contributed by atoms with Crippen molar-refractivity contribution in [1.82, 2.24) is 56.0 Å². The van der Waals surface area contributed by atoms with Gasteiger partial charge in [-0.3, -0.25) is 62.8 Å². The van der Waals surface area contributed by atoms with Gasteiger partial charge in [0.1, 0.15) is 18.4 Å². The molecule has 2 saturated heterocycles.